The molecule has 2 aromatic carbocycles. The van der Waals surface area contributed by atoms with Gasteiger partial charge in [-0.15, -0.1) is 12.4 Å². The van der Waals surface area contributed by atoms with Gasteiger partial charge in [-0.25, -0.2) is 0 Å². The molecule has 5 heteroatoms. The molecular weight excluding hydrogens is 384 g/mol. The number of nitrogens with zero attached hydrogens (tertiary/aromatic N) is 1. The van der Waals surface area contributed by atoms with Crippen LogP contribution < -0.4 is 5.32 Å². The summed E-state index contributed by atoms with van der Waals surface area (Å²) in [6.07, 6.45) is 2.76. The molecule has 0 unspecified atom stereocenters. The van der Waals surface area contributed by atoms with Crippen molar-refractivity contribution in [1.82, 2.24) is 10.2 Å². The zero-order valence-corrected chi connectivity index (χ0v) is 17.5. The minimum atomic E-state index is 0. The van der Waals surface area contributed by atoms with Crippen molar-refractivity contribution in [3.63, 3.8) is 0 Å². The van der Waals surface area contributed by atoms with Crippen molar-refractivity contribution in [3.8, 4) is 11.1 Å². The molecule has 2 fully saturated rings. The number of ketones is 1. The normalized spacial score (nSPS) is 21.0. The van der Waals surface area contributed by atoms with Crippen LogP contribution in [0.3, 0.4) is 0 Å². The lowest BCUT2D eigenvalue weighted by Gasteiger charge is -2.20. The van der Waals surface area contributed by atoms with E-state index in [0.717, 1.165) is 50.1 Å². The smallest absolute Gasteiger partial charge is 0.223 e. The molecule has 154 valence electrons. The molecule has 0 radical (unpaired) electrons. The lowest BCUT2D eigenvalue weighted by molar-refractivity contribution is -0.131. The monoisotopic (exact) mass is 412 g/mol. The molecule has 0 aliphatic carbocycles. The summed E-state index contributed by atoms with van der Waals surface area (Å²) >= 11 is 0. The van der Waals surface area contributed by atoms with E-state index in [1.54, 1.807) is 0 Å². The molecule has 4 rings (SSSR count). The number of carbonyl (C=O) groups excluding carboxylic acids is 2. The topological polar surface area (TPSA) is 49.4 Å². The van der Waals surface area contributed by atoms with Gasteiger partial charge in [0.15, 0.2) is 5.78 Å². The van der Waals surface area contributed by atoms with E-state index in [-0.39, 0.29) is 30.5 Å². The van der Waals surface area contributed by atoms with E-state index in [0.29, 0.717) is 23.8 Å². The molecule has 1 amide bonds. The number of hydrogen-bond donors (Lipinski definition) is 1. The van der Waals surface area contributed by atoms with Crippen LogP contribution >= 0.6 is 12.4 Å². The summed E-state index contributed by atoms with van der Waals surface area (Å²) in [5.41, 5.74) is 2.92. The molecule has 4 nitrogen and oxygen atoms in total. The molecular formula is C24H29ClN2O2. The van der Waals surface area contributed by atoms with Crippen molar-refractivity contribution in [2.45, 2.75) is 25.7 Å². The number of Topliss-reactive ketones (excluding diaryl/α,β-unsaturated/α-hetero) is 1. The highest BCUT2D eigenvalue weighted by molar-refractivity contribution is 5.98. The number of hydrogen-bond acceptors (Lipinski definition) is 3. The maximum Gasteiger partial charge on any atom is 0.223 e. The average molecular weight is 413 g/mol. The van der Waals surface area contributed by atoms with Crippen molar-refractivity contribution in [2.75, 3.05) is 26.2 Å². The number of carbonyl (C=O) groups is 2. The van der Waals surface area contributed by atoms with E-state index in [1.165, 1.54) is 0 Å². The molecule has 0 saturated carbocycles. The lowest BCUT2D eigenvalue weighted by atomic mass is 9.92. The van der Waals surface area contributed by atoms with Gasteiger partial charge in [0.2, 0.25) is 5.91 Å². The molecule has 2 aliphatic heterocycles. The first-order valence-corrected chi connectivity index (χ1v) is 10.4. The van der Waals surface area contributed by atoms with Gasteiger partial charge in [-0.1, -0.05) is 54.6 Å². The molecule has 2 heterocycles. The Morgan fingerprint density at radius 3 is 2.03 bits per heavy atom. The Bertz CT molecular complexity index is 809. The fourth-order valence-electron chi connectivity index (χ4n) is 4.47. The van der Waals surface area contributed by atoms with Gasteiger partial charge in [0.05, 0.1) is 0 Å². The van der Waals surface area contributed by atoms with Gasteiger partial charge < -0.3 is 10.2 Å². The summed E-state index contributed by atoms with van der Waals surface area (Å²) in [4.78, 5) is 27.1. The zero-order chi connectivity index (χ0) is 19.3. The molecule has 0 aromatic heterocycles. The van der Waals surface area contributed by atoms with Crippen LogP contribution in [-0.4, -0.2) is 42.8 Å². The summed E-state index contributed by atoms with van der Waals surface area (Å²) in [6, 6.07) is 17.8. The first kappa shape index (κ1) is 21.5. The van der Waals surface area contributed by atoms with Gasteiger partial charge in [0.25, 0.3) is 0 Å². The predicted molar refractivity (Wildman–Crippen MR) is 118 cm³/mol. The maximum atomic E-state index is 12.6. The lowest BCUT2D eigenvalue weighted by Crippen LogP contribution is -2.32. The fourth-order valence-corrected chi connectivity index (χ4v) is 4.47. The molecule has 29 heavy (non-hydrogen) atoms. The quantitative estimate of drug-likeness (QED) is 0.749. The van der Waals surface area contributed by atoms with Crippen molar-refractivity contribution in [1.29, 1.82) is 0 Å². The summed E-state index contributed by atoms with van der Waals surface area (Å²) in [6.45, 7) is 3.84. The molecule has 2 aliphatic rings. The number of halogens is 1. The van der Waals surface area contributed by atoms with Gasteiger partial charge in [-0.2, -0.15) is 0 Å². The molecule has 2 atom stereocenters. The maximum absolute atomic E-state index is 12.6. The van der Waals surface area contributed by atoms with E-state index >= 15 is 0 Å². The van der Waals surface area contributed by atoms with Gasteiger partial charge >= 0.3 is 0 Å². The molecule has 0 bridgehead atoms. The summed E-state index contributed by atoms with van der Waals surface area (Å²) < 4.78 is 0. The Balaban J connectivity index is 0.00000240. The Kier molecular flexibility index (Phi) is 7.45. The highest BCUT2D eigenvalue weighted by Crippen LogP contribution is 2.27. The van der Waals surface area contributed by atoms with Crippen molar-refractivity contribution >= 4 is 24.1 Å². The largest absolute Gasteiger partial charge is 0.343 e. The van der Waals surface area contributed by atoms with Gasteiger partial charge in [-0.05, 0) is 48.9 Å². The highest BCUT2D eigenvalue weighted by Gasteiger charge is 2.31. The summed E-state index contributed by atoms with van der Waals surface area (Å²) in [7, 11) is 0. The Hall–Kier alpha value is -2.17. The minimum absolute atomic E-state index is 0. The van der Waals surface area contributed by atoms with Crippen LogP contribution in [0.25, 0.3) is 11.1 Å². The van der Waals surface area contributed by atoms with Crippen LogP contribution in [0.4, 0.5) is 0 Å². The Labute approximate surface area is 179 Å². The van der Waals surface area contributed by atoms with E-state index in [2.05, 4.69) is 17.4 Å². The Morgan fingerprint density at radius 1 is 0.828 bits per heavy atom. The third-order valence-electron chi connectivity index (χ3n) is 6.25. The van der Waals surface area contributed by atoms with Gasteiger partial charge in [-0.3, -0.25) is 9.59 Å². The second-order valence-electron chi connectivity index (χ2n) is 8.00. The van der Waals surface area contributed by atoms with Crippen LogP contribution in [-0.2, 0) is 4.79 Å². The second-order valence-corrected chi connectivity index (χ2v) is 8.00. The van der Waals surface area contributed by atoms with Crippen molar-refractivity contribution in [3.05, 3.63) is 60.2 Å². The Morgan fingerprint density at radius 2 is 1.41 bits per heavy atom. The first-order chi connectivity index (χ1) is 13.7. The highest BCUT2D eigenvalue weighted by atomic mass is 35.5. The number of fused-ring (bicyclic) bond motifs is 1. The van der Waals surface area contributed by atoms with E-state index in [9.17, 15) is 9.59 Å². The number of amides is 1. The third-order valence-corrected chi connectivity index (χ3v) is 6.25. The van der Waals surface area contributed by atoms with E-state index in [4.69, 9.17) is 0 Å². The summed E-state index contributed by atoms with van der Waals surface area (Å²) in [5.74, 6) is 1.59. The number of rotatable bonds is 5. The second kappa shape index (κ2) is 10.0. The van der Waals surface area contributed by atoms with Crippen LogP contribution in [0.2, 0.25) is 0 Å². The van der Waals surface area contributed by atoms with E-state index in [1.807, 2.05) is 47.4 Å². The number of nitrogens with one attached hydrogen (secondary N) is 1. The molecule has 2 aromatic rings. The zero-order valence-electron chi connectivity index (χ0n) is 16.7. The first-order valence-electron chi connectivity index (χ1n) is 10.4. The minimum Gasteiger partial charge on any atom is -0.343 e. The van der Waals surface area contributed by atoms with Crippen molar-refractivity contribution in [2.24, 2.45) is 11.8 Å². The molecule has 0 spiro atoms. The predicted octanol–water partition coefficient (Wildman–Crippen LogP) is 4.20. The van der Waals surface area contributed by atoms with Gasteiger partial charge in [0.1, 0.15) is 0 Å². The third kappa shape index (κ3) is 5.26. The SMILES string of the molecule is Cl.O=C(CCC(=O)N1CC[C@@H]2CNC[C@@H]2CC1)c1ccc(-c2ccccc2)cc1. The summed E-state index contributed by atoms with van der Waals surface area (Å²) in [5, 5.41) is 3.46. The molecule has 2 saturated heterocycles. The van der Waals surface area contributed by atoms with E-state index < -0.39 is 0 Å². The van der Waals surface area contributed by atoms with Crippen molar-refractivity contribution < 1.29 is 9.59 Å². The van der Waals surface area contributed by atoms with Gasteiger partial charge in [0, 0.05) is 31.5 Å². The van der Waals surface area contributed by atoms with Crippen LogP contribution in [0.1, 0.15) is 36.0 Å². The molecule has 1 N–H and O–H groups in total. The van der Waals surface area contributed by atoms with Crippen LogP contribution in [0, 0.1) is 11.8 Å². The fraction of sp³-hybridized carbons (Fsp3) is 0.417. The van der Waals surface area contributed by atoms with Crippen LogP contribution in [0.15, 0.2) is 54.6 Å². The standard InChI is InChI=1S/C24H28N2O2.ClH/c27-23(20-8-6-19(7-9-20)18-4-2-1-3-5-18)10-11-24(28)26-14-12-21-16-25-17-22(21)13-15-26;/h1-9,21-22,25H,10-17H2;1H/t21-,22+;. The number of likely N-dealkylation sites (tertiary alicyclic amines) is 1. The number of benzene rings is 2. The average Bonchev–Trinajstić information content (AvgIpc) is 3.10. The van der Waals surface area contributed by atoms with Crippen LogP contribution in [0.5, 0.6) is 0 Å².